The lowest BCUT2D eigenvalue weighted by atomic mass is 10.1. The third kappa shape index (κ3) is 2.88. The van der Waals surface area contributed by atoms with E-state index in [9.17, 15) is 4.79 Å². The van der Waals surface area contributed by atoms with Gasteiger partial charge in [0.15, 0.2) is 5.88 Å². The Kier molecular flexibility index (Phi) is 3.46. The third-order valence-corrected chi connectivity index (χ3v) is 2.78. The average molecular weight is 260 g/mol. The highest BCUT2D eigenvalue weighted by Crippen LogP contribution is 2.25. The second kappa shape index (κ2) is 5.06. The Hall–Kier alpha value is -2.43. The van der Waals surface area contributed by atoms with Gasteiger partial charge in [-0.05, 0) is 30.7 Å². The maximum atomic E-state index is 10.7. The minimum absolute atomic E-state index is 0.0811. The quantitative estimate of drug-likeness (QED) is 0.884. The molecule has 0 bridgehead atoms. The lowest BCUT2D eigenvalue weighted by Crippen LogP contribution is -2.10. The molecule has 0 saturated carbocycles. The average Bonchev–Trinajstić information content (AvgIpc) is 2.80. The molecule has 2 rings (SSSR count). The molecule has 2 aromatic rings. The van der Waals surface area contributed by atoms with Gasteiger partial charge in [-0.3, -0.25) is 0 Å². The van der Waals surface area contributed by atoms with Gasteiger partial charge >= 0.3 is 5.97 Å². The van der Waals surface area contributed by atoms with E-state index in [1.807, 2.05) is 44.1 Å². The summed E-state index contributed by atoms with van der Waals surface area (Å²) in [4.78, 5) is 12.7. The fraction of sp³-hybridized carbons (Fsp3) is 0.214. The van der Waals surface area contributed by atoms with E-state index in [0.717, 1.165) is 11.4 Å². The van der Waals surface area contributed by atoms with Crippen LogP contribution < -0.4 is 10.2 Å². The van der Waals surface area contributed by atoms with Gasteiger partial charge in [-0.25, -0.2) is 4.79 Å². The number of furan rings is 1. The summed E-state index contributed by atoms with van der Waals surface area (Å²) in [5.74, 6) is -0.751. The first-order valence-electron chi connectivity index (χ1n) is 5.85. The number of hydrogen-bond acceptors (Lipinski definition) is 4. The summed E-state index contributed by atoms with van der Waals surface area (Å²) < 4.78 is 5.16. The van der Waals surface area contributed by atoms with Gasteiger partial charge in [0.2, 0.25) is 5.76 Å². The second-order valence-electron chi connectivity index (χ2n) is 4.49. The number of nitrogens with zero attached hydrogens (tertiary/aromatic N) is 1. The summed E-state index contributed by atoms with van der Waals surface area (Å²) in [6.07, 6.45) is 0. The van der Waals surface area contributed by atoms with E-state index >= 15 is 0 Å². The molecule has 5 nitrogen and oxygen atoms in total. The molecule has 2 N–H and O–H groups in total. The normalized spacial score (nSPS) is 10.3. The second-order valence-corrected chi connectivity index (χ2v) is 4.49. The Morgan fingerprint density at radius 1 is 1.26 bits per heavy atom. The van der Waals surface area contributed by atoms with Crippen molar-refractivity contribution in [1.82, 2.24) is 0 Å². The lowest BCUT2D eigenvalue weighted by Gasteiger charge is -2.17. The first-order chi connectivity index (χ1) is 8.97. The minimum Gasteiger partial charge on any atom is -0.475 e. The Balaban J connectivity index is 2.23. The van der Waals surface area contributed by atoms with Crippen LogP contribution in [0.2, 0.25) is 0 Å². The summed E-state index contributed by atoms with van der Waals surface area (Å²) in [5.41, 5.74) is 3.11. The summed E-state index contributed by atoms with van der Waals surface area (Å²) in [5, 5.41) is 11.8. The first-order valence-corrected chi connectivity index (χ1v) is 5.85. The van der Waals surface area contributed by atoms with E-state index in [-0.39, 0.29) is 5.76 Å². The van der Waals surface area contributed by atoms with Crippen LogP contribution in [0.1, 0.15) is 16.1 Å². The zero-order chi connectivity index (χ0) is 14.0. The van der Waals surface area contributed by atoms with Gasteiger partial charge in [0.05, 0.1) is 0 Å². The molecule has 19 heavy (non-hydrogen) atoms. The van der Waals surface area contributed by atoms with E-state index in [2.05, 4.69) is 5.32 Å². The van der Waals surface area contributed by atoms with E-state index in [1.54, 1.807) is 6.07 Å². The van der Waals surface area contributed by atoms with E-state index in [0.29, 0.717) is 5.88 Å². The van der Waals surface area contributed by atoms with Gasteiger partial charge in [0.1, 0.15) is 0 Å². The molecule has 5 heteroatoms. The molecule has 0 spiro atoms. The number of benzene rings is 1. The van der Waals surface area contributed by atoms with Crippen LogP contribution in [0.4, 0.5) is 17.3 Å². The fourth-order valence-corrected chi connectivity index (χ4v) is 1.83. The number of carbonyl (C=O) groups is 1. The van der Waals surface area contributed by atoms with Crippen LogP contribution in [0.5, 0.6) is 0 Å². The molecule has 0 fully saturated rings. The third-order valence-electron chi connectivity index (χ3n) is 2.78. The fourth-order valence-electron chi connectivity index (χ4n) is 1.83. The Morgan fingerprint density at radius 2 is 2.00 bits per heavy atom. The molecule has 0 aliphatic rings. The zero-order valence-electron chi connectivity index (χ0n) is 11.1. The molecule has 0 amide bonds. The molecule has 1 heterocycles. The number of aryl methyl sites for hydroxylation is 1. The molecule has 0 unspecified atom stereocenters. The highest BCUT2D eigenvalue weighted by molar-refractivity contribution is 5.85. The molecule has 1 aromatic carbocycles. The predicted molar refractivity (Wildman–Crippen MR) is 74.5 cm³/mol. The van der Waals surface area contributed by atoms with Gasteiger partial charge in [-0.1, -0.05) is 6.07 Å². The maximum Gasteiger partial charge on any atom is 0.371 e. The van der Waals surface area contributed by atoms with Crippen LogP contribution in [-0.2, 0) is 0 Å². The van der Waals surface area contributed by atoms with Gasteiger partial charge in [-0.2, -0.15) is 0 Å². The van der Waals surface area contributed by atoms with E-state index in [4.69, 9.17) is 9.52 Å². The number of aromatic carboxylic acids is 1. The SMILES string of the molecule is Cc1ccc(Nc2ccc(C(=O)O)o2)cc1N(C)C. The summed E-state index contributed by atoms with van der Waals surface area (Å²) in [7, 11) is 3.95. The molecule has 100 valence electrons. The number of carboxylic acids is 1. The van der Waals surface area contributed by atoms with E-state index in [1.165, 1.54) is 11.6 Å². The largest absolute Gasteiger partial charge is 0.475 e. The van der Waals surface area contributed by atoms with Crippen LogP contribution in [0.3, 0.4) is 0 Å². The van der Waals surface area contributed by atoms with Crippen LogP contribution >= 0.6 is 0 Å². The van der Waals surface area contributed by atoms with Gasteiger partial charge in [0, 0.05) is 31.5 Å². The molecular weight excluding hydrogens is 244 g/mol. The minimum atomic E-state index is -1.08. The number of rotatable bonds is 4. The number of hydrogen-bond donors (Lipinski definition) is 2. The van der Waals surface area contributed by atoms with Crippen LogP contribution in [0, 0.1) is 6.92 Å². The molecule has 0 saturated heterocycles. The van der Waals surface area contributed by atoms with Crippen molar-refractivity contribution < 1.29 is 14.3 Å². The Labute approximate surface area is 111 Å². The van der Waals surface area contributed by atoms with Crippen LogP contribution in [-0.4, -0.2) is 25.2 Å². The van der Waals surface area contributed by atoms with Crippen molar-refractivity contribution in [3.63, 3.8) is 0 Å². The molecule has 1 aromatic heterocycles. The monoisotopic (exact) mass is 260 g/mol. The Bertz CT molecular complexity index is 602. The summed E-state index contributed by atoms with van der Waals surface area (Å²) >= 11 is 0. The van der Waals surface area contributed by atoms with Crippen molar-refractivity contribution >= 4 is 23.2 Å². The highest BCUT2D eigenvalue weighted by atomic mass is 16.4. The molecule has 0 radical (unpaired) electrons. The van der Waals surface area contributed by atoms with Crippen LogP contribution in [0.15, 0.2) is 34.7 Å². The molecule has 0 aliphatic heterocycles. The maximum absolute atomic E-state index is 10.7. The van der Waals surface area contributed by atoms with Crippen LogP contribution in [0.25, 0.3) is 0 Å². The highest BCUT2D eigenvalue weighted by Gasteiger charge is 2.09. The molecular formula is C14H16N2O3. The van der Waals surface area contributed by atoms with Crippen molar-refractivity contribution in [1.29, 1.82) is 0 Å². The lowest BCUT2D eigenvalue weighted by molar-refractivity contribution is 0.0663. The summed E-state index contributed by atoms with van der Waals surface area (Å²) in [6.45, 7) is 2.04. The Morgan fingerprint density at radius 3 is 2.58 bits per heavy atom. The zero-order valence-corrected chi connectivity index (χ0v) is 11.1. The smallest absolute Gasteiger partial charge is 0.371 e. The van der Waals surface area contributed by atoms with Crippen molar-refractivity contribution in [2.75, 3.05) is 24.3 Å². The summed E-state index contributed by atoms with van der Waals surface area (Å²) in [6, 6.07) is 8.92. The van der Waals surface area contributed by atoms with Gasteiger partial charge in [0.25, 0.3) is 0 Å². The molecule has 0 aliphatic carbocycles. The number of anilines is 3. The predicted octanol–water partition coefficient (Wildman–Crippen LogP) is 3.10. The van der Waals surface area contributed by atoms with Gasteiger partial charge in [-0.15, -0.1) is 0 Å². The standard InChI is InChI=1S/C14H16N2O3/c1-9-4-5-10(8-11(9)16(2)3)15-13-7-6-12(19-13)14(17)18/h4-8,15H,1-3H3,(H,17,18). The van der Waals surface area contributed by atoms with Crippen molar-refractivity contribution in [2.45, 2.75) is 6.92 Å². The first kappa shape index (κ1) is 13.0. The van der Waals surface area contributed by atoms with Crippen molar-refractivity contribution in [3.05, 3.63) is 41.7 Å². The number of carboxylic acid groups (broad SMARTS) is 1. The van der Waals surface area contributed by atoms with Crippen molar-refractivity contribution in [2.24, 2.45) is 0 Å². The van der Waals surface area contributed by atoms with Crippen molar-refractivity contribution in [3.8, 4) is 0 Å². The van der Waals surface area contributed by atoms with Gasteiger partial charge < -0.3 is 19.7 Å². The van der Waals surface area contributed by atoms with E-state index < -0.39 is 5.97 Å². The number of nitrogens with one attached hydrogen (secondary N) is 1. The topological polar surface area (TPSA) is 65.7 Å². The molecule has 0 atom stereocenters.